The topological polar surface area (TPSA) is 49.3 Å². The molecule has 0 radical (unpaired) electrons. The molecule has 0 atom stereocenters. The average molecular weight is 365 g/mol. The molecule has 0 unspecified atom stereocenters. The molecule has 2 heterocycles. The van der Waals surface area contributed by atoms with Gasteiger partial charge in [-0.2, -0.15) is 0 Å². The molecule has 4 nitrogen and oxygen atoms in total. The van der Waals surface area contributed by atoms with Crippen LogP contribution in [-0.4, -0.2) is 30.6 Å². The maximum Gasteiger partial charge on any atom is 0.191 e. The van der Waals surface area contributed by atoms with Gasteiger partial charge in [0, 0.05) is 40.9 Å². The summed E-state index contributed by atoms with van der Waals surface area (Å²) in [5, 5.41) is 10.1. The van der Waals surface area contributed by atoms with Crippen LogP contribution < -0.4 is 10.6 Å². The number of nitrogens with one attached hydrogen (secondary N) is 2. The molecule has 6 heteroatoms. The van der Waals surface area contributed by atoms with Crippen molar-refractivity contribution in [2.24, 2.45) is 4.99 Å². The molecule has 0 aliphatic carbocycles. The molecule has 2 aromatic heterocycles. The van der Waals surface area contributed by atoms with E-state index in [9.17, 15) is 0 Å². The van der Waals surface area contributed by atoms with E-state index in [1.807, 2.05) is 6.20 Å². The first-order chi connectivity index (χ1) is 11.5. The Bertz CT molecular complexity index is 629. The standard InChI is InChI=1S/C18H28N4S2/c1-5-14-12-21-16(24-14)9-10-20-17(19-6-2)22-13-18(3,4)15-8-7-11-23-15/h7-8,11-12H,5-6,9-10,13H2,1-4H3,(H2,19,20,22). The SMILES string of the molecule is CCNC(=NCC(C)(C)c1cccs1)NCCc1ncc(CC)s1. The smallest absolute Gasteiger partial charge is 0.191 e. The van der Waals surface area contributed by atoms with Crippen molar-refractivity contribution >= 4 is 28.6 Å². The fraction of sp³-hybridized carbons (Fsp3) is 0.556. The van der Waals surface area contributed by atoms with Gasteiger partial charge < -0.3 is 10.6 Å². The van der Waals surface area contributed by atoms with Gasteiger partial charge in [0.15, 0.2) is 5.96 Å². The van der Waals surface area contributed by atoms with Crippen LogP contribution in [0.5, 0.6) is 0 Å². The molecule has 132 valence electrons. The Hall–Kier alpha value is -1.40. The highest BCUT2D eigenvalue weighted by atomic mass is 32.1. The predicted octanol–water partition coefficient (Wildman–Crippen LogP) is 3.84. The zero-order valence-corrected chi connectivity index (χ0v) is 16.7. The van der Waals surface area contributed by atoms with Crippen molar-refractivity contribution in [2.75, 3.05) is 19.6 Å². The molecule has 24 heavy (non-hydrogen) atoms. The minimum Gasteiger partial charge on any atom is -0.357 e. The molecule has 0 fully saturated rings. The van der Waals surface area contributed by atoms with Gasteiger partial charge in [-0.3, -0.25) is 4.99 Å². The zero-order chi connectivity index (χ0) is 17.4. The summed E-state index contributed by atoms with van der Waals surface area (Å²) in [5.41, 5.74) is 0.0574. The van der Waals surface area contributed by atoms with Crippen LogP contribution >= 0.6 is 22.7 Å². The van der Waals surface area contributed by atoms with Gasteiger partial charge in [-0.1, -0.05) is 26.8 Å². The highest BCUT2D eigenvalue weighted by Gasteiger charge is 2.21. The van der Waals surface area contributed by atoms with Crippen molar-refractivity contribution in [3.8, 4) is 0 Å². The van der Waals surface area contributed by atoms with Crippen LogP contribution in [0.15, 0.2) is 28.7 Å². The number of thiazole rings is 1. The third-order valence-electron chi connectivity index (χ3n) is 3.75. The summed E-state index contributed by atoms with van der Waals surface area (Å²) in [4.78, 5) is 12.0. The Morgan fingerprint density at radius 1 is 1.29 bits per heavy atom. The number of aromatic nitrogens is 1. The van der Waals surface area contributed by atoms with Gasteiger partial charge in [-0.05, 0) is 24.8 Å². The van der Waals surface area contributed by atoms with Crippen LogP contribution in [-0.2, 0) is 18.3 Å². The Morgan fingerprint density at radius 3 is 2.75 bits per heavy atom. The molecule has 2 N–H and O–H groups in total. The molecular formula is C18H28N4S2. The first kappa shape index (κ1) is 18.9. The number of hydrogen-bond acceptors (Lipinski definition) is 4. The second-order valence-corrected chi connectivity index (χ2v) is 8.45. The molecule has 0 saturated carbocycles. The van der Waals surface area contributed by atoms with E-state index < -0.39 is 0 Å². The van der Waals surface area contributed by atoms with Crippen molar-refractivity contribution < 1.29 is 0 Å². The molecule has 0 spiro atoms. The summed E-state index contributed by atoms with van der Waals surface area (Å²) >= 11 is 3.60. The highest BCUT2D eigenvalue weighted by Crippen LogP contribution is 2.27. The van der Waals surface area contributed by atoms with Crippen LogP contribution in [0.25, 0.3) is 0 Å². The third-order valence-corrected chi connectivity index (χ3v) is 6.18. The normalized spacial score (nSPS) is 12.4. The van der Waals surface area contributed by atoms with Crippen LogP contribution in [0, 0.1) is 0 Å². The molecule has 0 amide bonds. The molecular weight excluding hydrogens is 336 g/mol. The average Bonchev–Trinajstić information content (AvgIpc) is 3.24. The van der Waals surface area contributed by atoms with E-state index in [1.165, 1.54) is 14.8 Å². The molecule has 2 rings (SSSR count). The van der Waals surface area contributed by atoms with E-state index in [0.29, 0.717) is 0 Å². The van der Waals surface area contributed by atoms with E-state index >= 15 is 0 Å². The van der Waals surface area contributed by atoms with Gasteiger partial charge in [-0.15, -0.1) is 22.7 Å². The Morgan fingerprint density at radius 2 is 2.12 bits per heavy atom. The van der Waals surface area contributed by atoms with Gasteiger partial charge in [0.25, 0.3) is 0 Å². The molecule has 0 aliphatic heterocycles. The van der Waals surface area contributed by atoms with E-state index in [2.05, 4.69) is 60.8 Å². The maximum absolute atomic E-state index is 4.78. The molecule has 0 aromatic carbocycles. The minimum absolute atomic E-state index is 0.0574. The second kappa shape index (κ2) is 9.18. The fourth-order valence-corrected chi connectivity index (χ4v) is 3.98. The quantitative estimate of drug-likeness (QED) is 0.553. The van der Waals surface area contributed by atoms with Gasteiger partial charge in [0.1, 0.15) is 0 Å². The lowest BCUT2D eigenvalue weighted by atomic mass is 9.92. The van der Waals surface area contributed by atoms with E-state index in [1.54, 1.807) is 22.7 Å². The van der Waals surface area contributed by atoms with Crippen molar-refractivity contribution in [2.45, 2.75) is 46.0 Å². The number of thiophene rings is 1. The van der Waals surface area contributed by atoms with Crippen LogP contribution in [0.3, 0.4) is 0 Å². The van der Waals surface area contributed by atoms with Gasteiger partial charge >= 0.3 is 0 Å². The lowest BCUT2D eigenvalue weighted by Gasteiger charge is -2.21. The van der Waals surface area contributed by atoms with Crippen molar-refractivity contribution in [1.29, 1.82) is 0 Å². The number of nitrogens with zero attached hydrogens (tertiary/aromatic N) is 2. The summed E-state index contributed by atoms with van der Waals surface area (Å²) in [5.74, 6) is 0.884. The lowest BCUT2D eigenvalue weighted by molar-refractivity contribution is 0.548. The van der Waals surface area contributed by atoms with Gasteiger partial charge in [0.05, 0.1) is 11.6 Å². The van der Waals surface area contributed by atoms with Crippen molar-refractivity contribution in [3.63, 3.8) is 0 Å². The fourth-order valence-electron chi connectivity index (χ4n) is 2.27. The Kier molecular flexibility index (Phi) is 7.24. The summed E-state index contributed by atoms with van der Waals surface area (Å²) in [6.45, 7) is 11.2. The number of hydrogen-bond donors (Lipinski definition) is 2. The highest BCUT2D eigenvalue weighted by molar-refractivity contribution is 7.11. The van der Waals surface area contributed by atoms with Crippen LogP contribution in [0.4, 0.5) is 0 Å². The van der Waals surface area contributed by atoms with Crippen LogP contribution in [0.2, 0.25) is 0 Å². The summed E-state index contributed by atoms with van der Waals surface area (Å²) in [6, 6.07) is 4.29. The third kappa shape index (κ3) is 5.60. The predicted molar refractivity (Wildman–Crippen MR) is 107 cm³/mol. The van der Waals surface area contributed by atoms with E-state index in [0.717, 1.165) is 38.4 Å². The Labute approximate surface area is 153 Å². The van der Waals surface area contributed by atoms with E-state index in [4.69, 9.17) is 4.99 Å². The summed E-state index contributed by atoms with van der Waals surface area (Å²) in [7, 11) is 0. The molecule has 0 saturated heterocycles. The first-order valence-electron chi connectivity index (χ1n) is 8.55. The minimum atomic E-state index is 0.0574. The molecule has 0 bridgehead atoms. The summed E-state index contributed by atoms with van der Waals surface area (Å²) < 4.78 is 0. The molecule has 0 aliphatic rings. The number of aliphatic imine (C=N–C) groups is 1. The second-order valence-electron chi connectivity index (χ2n) is 6.31. The first-order valence-corrected chi connectivity index (χ1v) is 10.2. The number of guanidine groups is 1. The van der Waals surface area contributed by atoms with Crippen molar-refractivity contribution in [3.05, 3.63) is 38.5 Å². The monoisotopic (exact) mass is 364 g/mol. The number of rotatable bonds is 8. The molecule has 2 aromatic rings. The lowest BCUT2D eigenvalue weighted by Crippen LogP contribution is -2.39. The maximum atomic E-state index is 4.78. The Balaban J connectivity index is 1.88. The van der Waals surface area contributed by atoms with Crippen molar-refractivity contribution in [1.82, 2.24) is 15.6 Å². The van der Waals surface area contributed by atoms with E-state index in [-0.39, 0.29) is 5.41 Å². The largest absolute Gasteiger partial charge is 0.357 e. The van der Waals surface area contributed by atoms with Gasteiger partial charge in [0.2, 0.25) is 0 Å². The van der Waals surface area contributed by atoms with Gasteiger partial charge in [-0.25, -0.2) is 4.98 Å². The summed E-state index contributed by atoms with van der Waals surface area (Å²) in [6.07, 6.45) is 3.99. The number of aryl methyl sites for hydroxylation is 1. The van der Waals surface area contributed by atoms with Crippen LogP contribution in [0.1, 0.15) is 42.5 Å². The zero-order valence-electron chi connectivity index (χ0n) is 15.1.